The van der Waals surface area contributed by atoms with Crippen molar-refractivity contribution >= 4 is 5.97 Å². The van der Waals surface area contributed by atoms with Crippen molar-refractivity contribution in [3.8, 4) is 11.5 Å². The van der Waals surface area contributed by atoms with E-state index in [1.807, 2.05) is 0 Å². The molecule has 0 atom stereocenters. The van der Waals surface area contributed by atoms with Gasteiger partial charge in [0.05, 0.1) is 20.8 Å². The largest absolute Gasteiger partial charge is 0.496 e. The second-order valence-electron chi connectivity index (χ2n) is 5.71. The van der Waals surface area contributed by atoms with E-state index in [1.165, 1.54) is 52.7 Å². The maximum Gasteiger partial charge on any atom is 0.380 e. The first-order valence-corrected chi connectivity index (χ1v) is 8.79. The van der Waals surface area contributed by atoms with Gasteiger partial charge in [0, 0.05) is 0 Å². The van der Waals surface area contributed by atoms with Crippen LogP contribution in [0.4, 0.5) is 0 Å². The second kappa shape index (κ2) is 12.6. The lowest BCUT2D eigenvalue weighted by Gasteiger charge is -2.11. The molecule has 0 aliphatic rings. The van der Waals surface area contributed by atoms with Crippen molar-refractivity contribution in [3.63, 3.8) is 0 Å². The number of hydrogen-bond acceptors (Lipinski definition) is 5. The zero-order valence-electron chi connectivity index (χ0n) is 15.1. The van der Waals surface area contributed by atoms with E-state index in [0.717, 1.165) is 12.8 Å². The monoisotopic (exact) mass is 338 g/mol. The summed E-state index contributed by atoms with van der Waals surface area (Å²) in [5.41, 5.74) is 0.235. The number of carbonyl (C=O) groups is 1. The number of ether oxygens (including phenoxy) is 2. The van der Waals surface area contributed by atoms with Gasteiger partial charge in [-0.15, -0.1) is 0 Å². The summed E-state index contributed by atoms with van der Waals surface area (Å²) < 4.78 is 10.3. The number of unbranched alkanes of at least 4 members (excludes halogenated alkanes) is 7. The Morgan fingerprint density at radius 1 is 0.875 bits per heavy atom. The van der Waals surface area contributed by atoms with E-state index in [4.69, 9.17) is 19.2 Å². The smallest absolute Gasteiger partial charge is 0.380 e. The Balaban J connectivity index is 2.23. The maximum atomic E-state index is 12.1. The molecule has 136 valence electrons. The summed E-state index contributed by atoms with van der Waals surface area (Å²) >= 11 is 0. The van der Waals surface area contributed by atoms with Crippen molar-refractivity contribution in [2.75, 3.05) is 20.8 Å². The van der Waals surface area contributed by atoms with Gasteiger partial charge in [-0.2, -0.15) is 4.89 Å². The minimum atomic E-state index is -0.608. The van der Waals surface area contributed by atoms with E-state index in [0.29, 0.717) is 18.1 Å². The highest BCUT2D eigenvalue weighted by Crippen LogP contribution is 2.28. The summed E-state index contributed by atoms with van der Waals surface area (Å²) in [6, 6.07) is 5.10. The fraction of sp³-hybridized carbons (Fsp3) is 0.632. The molecule has 1 rings (SSSR count). The van der Waals surface area contributed by atoms with Crippen LogP contribution in [0.2, 0.25) is 0 Å². The van der Waals surface area contributed by atoms with Gasteiger partial charge in [0.25, 0.3) is 0 Å². The lowest BCUT2D eigenvalue weighted by Crippen LogP contribution is -2.10. The van der Waals surface area contributed by atoms with Crippen LogP contribution < -0.4 is 9.47 Å². The van der Waals surface area contributed by atoms with Crippen molar-refractivity contribution in [1.82, 2.24) is 0 Å². The number of hydrogen-bond donors (Lipinski definition) is 0. The molecule has 5 nitrogen and oxygen atoms in total. The fourth-order valence-corrected chi connectivity index (χ4v) is 2.48. The quantitative estimate of drug-likeness (QED) is 0.290. The maximum absolute atomic E-state index is 12.1. The summed E-state index contributed by atoms with van der Waals surface area (Å²) in [6.45, 7) is 2.62. The highest BCUT2D eigenvalue weighted by atomic mass is 17.2. The third-order valence-corrected chi connectivity index (χ3v) is 3.85. The Labute approximate surface area is 145 Å². The van der Waals surface area contributed by atoms with Crippen LogP contribution in [0.1, 0.15) is 68.6 Å². The molecule has 24 heavy (non-hydrogen) atoms. The van der Waals surface area contributed by atoms with Crippen LogP contribution in [0.25, 0.3) is 0 Å². The van der Waals surface area contributed by atoms with Gasteiger partial charge in [0.15, 0.2) is 0 Å². The van der Waals surface area contributed by atoms with Crippen LogP contribution in [-0.4, -0.2) is 26.8 Å². The van der Waals surface area contributed by atoms with Gasteiger partial charge in [-0.25, -0.2) is 4.79 Å². The summed E-state index contributed by atoms with van der Waals surface area (Å²) in [4.78, 5) is 22.0. The van der Waals surface area contributed by atoms with Crippen LogP contribution in [-0.2, 0) is 9.78 Å². The molecule has 1 aromatic carbocycles. The van der Waals surface area contributed by atoms with E-state index in [-0.39, 0.29) is 5.56 Å². The molecule has 0 radical (unpaired) electrons. The molecule has 0 amide bonds. The average Bonchev–Trinajstić information content (AvgIpc) is 2.62. The first kappa shape index (κ1) is 20.3. The molecule has 0 spiro atoms. The normalized spacial score (nSPS) is 10.5. The van der Waals surface area contributed by atoms with E-state index in [9.17, 15) is 4.79 Å². The van der Waals surface area contributed by atoms with Gasteiger partial charge in [-0.05, 0) is 18.6 Å². The highest BCUT2D eigenvalue weighted by Gasteiger charge is 2.20. The number of carbonyl (C=O) groups excluding carboxylic acids is 1. The zero-order valence-corrected chi connectivity index (χ0v) is 15.1. The Morgan fingerprint density at radius 3 is 1.96 bits per heavy atom. The summed E-state index contributed by atoms with van der Waals surface area (Å²) in [5.74, 6) is 0.189. The van der Waals surface area contributed by atoms with Gasteiger partial charge in [-0.1, -0.05) is 57.9 Å². The molecule has 0 aliphatic heterocycles. The van der Waals surface area contributed by atoms with E-state index in [2.05, 4.69) is 6.92 Å². The van der Waals surface area contributed by atoms with Crippen LogP contribution in [0.5, 0.6) is 11.5 Å². The summed E-state index contributed by atoms with van der Waals surface area (Å²) in [7, 11) is 2.99. The summed E-state index contributed by atoms with van der Waals surface area (Å²) in [6.07, 6.45) is 9.65. The van der Waals surface area contributed by atoms with E-state index >= 15 is 0 Å². The SMILES string of the molecule is CCCCCCCCCCOOC(=O)c1c(OC)cccc1OC. The third-order valence-electron chi connectivity index (χ3n) is 3.85. The van der Waals surface area contributed by atoms with Crippen LogP contribution in [0, 0.1) is 0 Å². The predicted molar refractivity (Wildman–Crippen MR) is 93.5 cm³/mol. The number of rotatable bonds is 13. The van der Waals surface area contributed by atoms with Gasteiger partial charge in [0.1, 0.15) is 17.1 Å². The summed E-state index contributed by atoms with van der Waals surface area (Å²) in [5, 5.41) is 0. The molecule has 0 bridgehead atoms. The lowest BCUT2D eigenvalue weighted by molar-refractivity contribution is -0.241. The molecule has 0 unspecified atom stereocenters. The van der Waals surface area contributed by atoms with Gasteiger partial charge >= 0.3 is 5.97 Å². The first-order chi connectivity index (χ1) is 11.7. The van der Waals surface area contributed by atoms with Crippen LogP contribution in [0.15, 0.2) is 18.2 Å². The van der Waals surface area contributed by atoms with Crippen LogP contribution in [0.3, 0.4) is 0 Å². The minimum Gasteiger partial charge on any atom is -0.496 e. The molecule has 0 fully saturated rings. The number of benzene rings is 1. The van der Waals surface area contributed by atoms with Gasteiger partial charge in [-0.3, -0.25) is 4.89 Å². The number of methoxy groups -OCH3 is 2. The Bertz CT molecular complexity index is 451. The molecular weight excluding hydrogens is 308 g/mol. The zero-order chi connectivity index (χ0) is 17.6. The Morgan fingerprint density at radius 2 is 1.42 bits per heavy atom. The molecule has 0 saturated heterocycles. The van der Waals surface area contributed by atoms with Gasteiger partial charge in [0.2, 0.25) is 0 Å². The fourth-order valence-electron chi connectivity index (χ4n) is 2.48. The molecule has 0 heterocycles. The van der Waals surface area contributed by atoms with Crippen molar-refractivity contribution in [3.05, 3.63) is 23.8 Å². The third kappa shape index (κ3) is 7.21. The molecule has 1 aromatic rings. The standard InChI is InChI=1S/C19H30O5/c1-4-5-6-7-8-9-10-11-15-23-24-19(20)18-16(21-2)13-12-14-17(18)22-3/h12-14H,4-11,15H2,1-3H3. The van der Waals surface area contributed by atoms with E-state index in [1.54, 1.807) is 18.2 Å². The van der Waals surface area contributed by atoms with Crippen molar-refractivity contribution in [2.45, 2.75) is 58.3 Å². The molecule has 0 aromatic heterocycles. The van der Waals surface area contributed by atoms with Crippen molar-refractivity contribution < 1.29 is 24.0 Å². The van der Waals surface area contributed by atoms with Crippen LogP contribution >= 0.6 is 0 Å². The molecule has 5 heteroatoms. The first-order valence-electron chi connectivity index (χ1n) is 8.79. The molecular formula is C19H30O5. The Kier molecular flexibility index (Phi) is 10.7. The molecule has 0 N–H and O–H groups in total. The van der Waals surface area contributed by atoms with Gasteiger partial charge < -0.3 is 9.47 Å². The minimum absolute atomic E-state index is 0.235. The molecule has 0 aliphatic carbocycles. The van der Waals surface area contributed by atoms with E-state index < -0.39 is 5.97 Å². The Hall–Kier alpha value is -1.75. The van der Waals surface area contributed by atoms with Crippen molar-refractivity contribution in [1.29, 1.82) is 0 Å². The average molecular weight is 338 g/mol. The second-order valence-corrected chi connectivity index (χ2v) is 5.71. The topological polar surface area (TPSA) is 54.0 Å². The van der Waals surface area contributed by atoms with Crippen molar-refractivity contribution in [2.24, 2.45) is 0 Å². The predicted octanol–water partition coefficient (Wildman–Crippen LogP) is 4.93. The molecule has 0 saturated carbocycles. The highest BCUT2D eigenvalue weighted by molar-refractivity contribution is 5.95. The lowest BCUT2D eigenvalue weighted by atomic mass is 10.1.